The summed E-state index contributed by atoms with van der Waals surface area (Å²) in [6, 6.07) is 20.5. The normalized spacial score (nSPS) is 11.7. The average Bonchev–Trinajstić information content (AvgIpc) is 3.48. The predicted octanol–water partition coefficient (Wildman–Crippen LogP) is 3.80. The van der Waals surface area contributed by atoms with Crippen molar-refractivity contribution in [3.05, 3.63) is 107 Å². The third kappa shape index (κ3) is 8.08. The number of carbonyl (C=O) groups excluding carboxylic acids is 3. The number of ether oxygens (including phenoxy) is 1. The molecule has 0 aliphatic heterocycles. The molecule has 1 heterocycles. The van der Waals surface area contributed by atoms with E-state index in [4.69, 9.17) is 16.3 Å². The molecule has 1 atom stereocenters. The van der Waals surface area contributed by atoms with E-state index in [1.54, 1.807) is 55.5 Å². The van der Waals surface area contributed by atoms with Crippen molar-refractivity contribution >= 4 is 41.1 Å². The van der Waals surface area contributed by atoms with Gasteiger partial charge >= 0.3 is 5.97 Å². The quantitative estimate of drug-likeness (QED) is 0.212. The summed E-state index contributed by atoms with van der Waals surface area (Å²) in [5.74, 6) is -1.18. The Hall–Kier alpha value is -4.83. The number of aromatic nitrogens is 4. The van der Waals surface area contributed by atoms with Crippen LogP contribution in [0.5, 0.6) is 0 Å². The van der Waals surface area contributed by atoms with Crippen LogP contribution in [0.3, 0.4) is 0 Å². The second-order valence-electron chi connectivity index (χ2n) is 8.71. The van der Waals surface area contributed by atoms with Gasteiger partial charge < -0.3 is 15.4 Å². The standard InChI is InChI=1S/C29H27ClN6O4/c1-2-40-28(38)17-21-8-12-24(13-9-21)32-29(39)25(16-20-6-4-3-5-7-20)33-27(37)15-10-22-18-23(30)11-14-26(22)36-19-31-34-35-36/h3-15,18-19,25H,2,16-17H2,1H3,(H,32,39)(H,33,37)/t25-/m0/s1. The molecule has 0 saturated carbocycles. The van der Waals surface area contributed by atoms with E-state index in [0.717, 1.165) is 11.1 Å². The molecule has 0 fully saturated rings. The minimum atomic E-state index is -0.864. The molecule has 0 saturated heterocycles. The Bertz CT molecular complexity index is 1470. The Morgan fingerprint density at radius 2 is 1.80 bits per heavy atom. The molecule has 0 spiro atoms. The first-order chi connectivity index (χ1) is 19.4. The number of hydrogen-bond donors (Lipinski definition) is 2. The lowest BCUT2D eigenvalue weighted by molar-refractivity contribution is -0.142. The summed E-state index contributed by atoms with van der Waals surface area (Å²) < 4.78 is 6.43. The summed E-state index contributed by atoms with van der Waals surface area (Å²) in [4.78, 5) is 37.9. The molecule has 40 heavy (non-hydrogen) atoms. The van der Waals surface area contributed by atoms with Crippen molar-refractivity contribution in [3.63, 3.8) is 0 Å². The van der Waals surface area contributed by atoms with Crippen LogP contribution < -0.4 is 10.6 Å². The maximum atomic E-state index is 13.3. The van der Waals surface area contributed by atoms with E-state index in [2.05, 4.69) is 26.2 Å². The van der Waals surface area contributed by atoms with E-state index < -0.39 is 11.9 Å². The van der Waals surface area contributed by atoms with Gasteiger partial charge in [0.1, 0.15) is 12.4 Å². The summed E-state index contributed by atoms with van der Waals surface area (Å²) in [5, 5.41) is 17.3. The molecule has 0 aliphatic carbocycles. The van der Waals surface area contributed by atoms with E-state index in [1.165, 1.54) is 17.1 Å². The number of anilines is 1. The smallest absolute Gasteiger partial charge is 0.310 e. The summed E-state index contributed by atoms with van der Waals surface area (Å²) >= 11 is 6.16. The number of benzene rings is 3. The van der Waals surface area contributed by atoms with Gasteiger partial charge in [0.2, 0.25) is 11.8 Å². The third-order valence-corrected chi connectivity index (χ3v) is 6.03. The van der Waals surface area contributed by atoms with Crippen LogP contribution in [0.15, 0.2) is 85.2 Å². The number of esters is 1. The zero-order chi connectivity index (χ0) is 28.3. The number of hydrogen-bond acceptors (Lipinski definition) is 7. The molecule has 3 aromatic carbocycles. The number of tetrazole rings is 1. The van der Waals surface area contributed by atoms with Crippen LogP contribution in [0.4, 0.5) is 5.69 Å². The van der Waals surface area contributed by atoms with Crippen molar-refractivity contribution in [2.45, 2.75) is 25.8 Å². The van der Waals surface area contributed by atoms with Gasteiger partial charge in [0.25, 0.3) is 0 Å². The van der Waals surface area contributed by atoms with Gasteiger partial charge in [-0.3, -0.25) is 14.4 Å². The summed E-state index contributed by atoms with van der Waals surface area (Å²) in [6.45, 7) is 2.07. The van der Waals surface area contributed by atoms with Gasteiger partial charge in [-0.05, 0) is 64.9 Å². The number of carbonyl (C=O) groups is 3. The van der Waals surface area contributed by atoms with Gasteiger partial charge in [-0.25, -0.2) is 0 Å². The molecule has 204 valence electrons. The lowest BCUT2D eigenvalue weighted by Crippen LogP contribution is -2.44. The van der Waals surface area contributed by atoms with E-state index in [9.17, 15) is 14.4 Å². The molecule has 2 amide bonds. The van der Waals surface area contributed by atoms with E-state index in [-0.39, 0.29) is 24.7 Å². The predicted molar refractivity (Wildman–Crippen MR) is 151 cm³/mol. The Labute approximate surface area is 236 Å². The first kappa shape index (κ1) is 28.2. The van der Waals surface area contributed by atoms with Crippen molar-refractivity contribution in [2.75, 3.05) is 11.9 Å². The van der Waals surface area contributed by atoms with Gasteiger partial charge in [0, 0.05) is 28.8 Å². The minimum absolute atomic E-state index is 0.142. The van der Waals surface area contributed by atoms with Crippen LogP contribution in [0.25, 0.3) is 11.8 Å². The Balaban J connectivity index is 1.47. The highest BCUT2D eigenvalue weighted by atomic mass is 35.5. The number of amides is 2. The van der Waals surface area contributed by atoms with Crippen molar-refractivity contribution < 1.29 is 19.1 Å². The molecule has 1 aromatic heterocycles. The molecular formula is C29H27ClN6O4. The highest BCUT2D eigenvalue weighted by molar-refractivity contribution is 6.30. The number of nitrogens with one attached hydrogen (secondary N) is 2. The summed E-state index contributed by atoms with van der Waals surface area (Å²) in [6.07, 6.45) is 4.76. The van der Waals surface area contributed by atoms with Crippen LogP contribution in [0, 0.1) is 0 Å². The van der Waals surface area contributed by atoms with Gasteiger partial charge in [0.15, 0.2) is 0 Å². The fraction of sp³-hybridized carbons (Fsp3) is 0.172. The van der Waals surface area contributed by atoms with Crippen LogP contribution in [0.2, 0.25) is 5.02 Å². The highest BCUT2D eigenvalue weighted by Gasteiger charge is 2.21. The van der Waals surface area contributed by atoms with E-state index >= 15 is 0 Å². The van der Waals surface area contributed by atoms with Crippen LogP contribution >= 0.6 is 11.6 Å². The average molecular weight is 559 g/mol. The van der Waals surface area contributed by atoms with Gasteiger partial charge in [-0.1, -0.05) is 54.1 Å². The largest absolute Gasteiger partial charge is 0.466 e. The molecule has 0 bridgehead atoms. The van der Waals surface area contributed by atoms with Crippen LogP contribution in [-0.2, 0) is 32.0 Å². The molecule has 0 unspecified atom stereocenters. The Morgan fingerprint density at radius 3 is 2.50 bits per heavy atom. The zero-order valence-electron chi connectivity index (χ0n) is 21.7. The monoisotopic (exact) mass is 558 g/mol. The minimum Gasteiger partial charge on any atom is -0.466 e. The van der Waals surface area contributed by atoms with Crippen molar-refractivity contribution in [1.82, 2.24) is 25.5 Å². The third-order valence-electron chi connectivity index (χ3n) is 5.79. The van der Waals surface area contributed by atoms with Gasteiger partial charge in [-0.15, -0.1) is 5.10 Å². The molecular weight excluding hydrogens is 532 g/mol. The first-order valence-electron chi connectivity index (χ1n) is 12.5. The van der Waals surface area contributed by atoms with Crippen molar-refractivity contribution in [3.8, 4) is 5.69 Å². The highest BCUT2D eigenvalue weighted by Crippen LogP contribution is 2.20. The van der Waals surface area contributed by atoms with Crippen molar-refractivity contribution in [1.29, 1.82) is 0 Å². The SMILES string of the molecule is CCOC(=O)Cc1ccc(NC(=O)[C@H](Cc2ccccc2)NC(=O)C=Cc2cc(Cl)ccc2-n2cnnn2)cc1. The summed E-state index contributed by atoms with van der Waals surface area (Å²) in [5.41, 5.74) is 3.42. The molecule has 4 rings (SSSR count). The van der Waals surface area contributed by atoms with E-state index in [1.807, 2.05) is 30.3 Å². The first-order valence-corrected chi connectivity index (χ1v) is 12.9. The maximum Gasteiger partial charge on any atom is 0.310 e. The Morgan fingerprint density at radius 1 is 1.02 bits per heavy atom. The van der Waals surface area contributed by atoms with Gasteiger partial charge in [-0.2, -0.15) is 4.68 Å². The van der Waals surface area contributed by atoms with Gasteiger partial charge in [0.05, 0.1) is 18.7 Å². The second-order valence-corrected chi connectivity index (χ2v) is 9.15. The lowest BCUT2D eigenvalue weighted by atomic mass is 10.0. The number of nitrogens with zero attached hydrogens (tertiary/aromatic N) is 4. The van der Waals surface area contributed by atoms with Crippen LogP contribution in [0.1, 0.15) is 23.6 Å². The molecule has 10 nitrogen and oxygen atoms in total. The topological polar surface area (TPSA) is 128 Å². The maximum absolute atomic E-state index is 13.3. The molecule has 0 aliphatic rings. The zero-order valence-corrected chi connectivity index (χ0v) is 22.4. The fourth-order valence-corrected chi connectivity index (χ4v) is 4.08. The fourth-order valence-electron chi connectivity index (χ4n) is 3.90. The Kier molecular flexibility index (Phi) is 9.73. The summed E-state index contributed by atoms with van der Waals surface area (Å²) in [7, 11) is 0. The molecule has 4 aromatic rings. The second kappa shape index (κ2) is 13.8. The van der Waals surface area contributed by atoms with Crippen molar-refractivity contribution in [2.24, 2.45) is 0 Å². The number of rotatable bonds is 11. The lowest BCUT2D eigenvalue weighted by Gasteiger charge is -2.18. The van der Waals surface area contributed by atoms with Crippen LogP contribution in [-0.4, -0.2) is 50.6 Å². The molecule has 0 radical (unpaired) electrons. The molecule has 11 heteroatoms. The number of halogens is 1. The van der Waals surface area contributed by atoms with E-state index in [0.29, 0.717) is 28.6 Å². The molecule has 2 N–H and O–H groups in total.